The summed E-state index contributed by atoms with van der Waals surface area (Å²) >= 11 is 0. The predicted molar refractivity (Wildman–Crippen MR) is 89.1 cm³/mol. The van der Waals surface area contributed by atoms with Gasteiger partial charge in [0.1, 0.15) is 6.61 Å². The van der Waals surface area contributed by atoms with Crippen molar-refractivity contribution in [1.82, 2.24) is 0 Å². The maximum absolute atomic E-state index is 12.8. The zero-order chi connectivity index (χ0) is 17.4. The molecule has 3 rings (SSSR count). The van der Waals surface area contributed by atoms with Crippen LogP contribution in [0.15, 0.2) is 43.0 Å². The summed E-state index contributed by atoms with van der Waals surface area (Å²) in [4.78, 5) is 37.5. The Morgan fingerprint density at radius 2 is 1.67 bits per heavy atom. The van der Waals surface area contributed by atoms with Crippen molar-refractivity contribution in [3.8, 4) is 0 Å². The molecule has 120 valence electrons. The van der Waals surface area contributed by atoms with Crippen LogP contribution >= 0.6 is 0 Å². The molecule has 1 aliphatic rings. The molecule has 0 unspecified atom stereocenters. The molecule has 0 spiro atoms. The maximum Gasteiger partial charge on any atom is 0.340 e. The molecule has 0 amide bonds. The lowest BCUT2D eigenvalue weighted by Gasteiger charge is -2.21. The van der Waals surface area contributed by atoms with Crippen molar-refractivity contribution in [2.24, 2.45) is 0 Å². The van der Waals surface area contributed by atoms with Crippen molar-refractivity contribution in [3.63, 3.8) is 0 Å². The summed E-state index contributed by atoms with van der Waals surface area (Å²) in [5.74, 6) is -1.57. The van der Waals surface area contributed by atoms with Gasteiger partial charge >= 0.3 is 5.97 Å². The second-order valence-corrected chi connectivity index (χ2v) is 5.27. The van der Waals surface area contributed by atoms with Crippen molar-refractivity contribution in [2.75, 3.05) is 18.1 Å². The minimum absolute atomic E-state index is 0.00896. The van der Waals surface area contributed by atoms with E-state index in [9.17, 15) is 14.4 Å². The van der Waals surface area contributed by atoms with Crippen LogP contribution < -0.4 is 11.5 Å². The van der Waals surface area contributed by atoms with Gasteiger partial charge in [-0.15, -0.1) is 0 Å². The molecule has 0 atom stereocenters. The quantitative estimate of drug-likeness (QED) is 0.433. The van der Waals surface area contributed by atoms with Crippen LogP contribution in [0, 0.1) is 0 Å². The Labute approximate surface area is 137 Å². The van der Waals surface area contributed by atoms with Gasteiger partial charge < -0.3 is 16.2 Å². The molecular weight excluding hydrogens is 308 g/mol. The monoisotopic (exact) mass is 322 g/mol. The zero-order valence-electron chi connectivity index (χ0n) is 12.7. The fourth-order valence-corrected chi connectivity index (χ4v) is 2.73. The smallest absolute Gasteiger partial charge is 0.340 e. The summed E-state index contributed by atoms with van der Waals surface area (Å²) < 4.78 is 4.95. The molecule has 0 fully saturated rings. The SMILES string of the molecule is C=CCOC(=O)c1cc(N)c2c(c1N)C(=O)c1ccccc1C2=O. The van der Waals surface area contributed by atoms with Crippen LogP contribution in [0.2, 0.25) is 0 Å². The number of ether oxygens (including phenoxy) is 1. The van der Waals surface area contributed by atoms with Crippen LogP contribution in [0.1, 0.15) is 42.2 Å². The number of hydrogen-bond acceptors (Lipinski definition) is 6. The molecule has 0 aliphatic heterocycles. The lowest BCUT2D eigenvalue weighted by atomic mass is 9.81. The summed E-state index contributed by atoms with van der Waals surface area (Å²) in [7, 11) is 0. The number of fused-ring (bicyclic) bond motifs is 2. The van der Waals surface area contributed by atoms with E-state index in [0.29, 0.717) is 0 Å². The van der Waals surface area contributed by atoms with E-state index >= 15 is 0 Å². The summed E-state index contributed by atoms with van der Waals surface area (Å²) in [5.41, 5.74) is 12.3. The number of carbonyl (C=O) groups excluding carboxylic acids is 3. The highest BCUT2D eigenvalue weighted by molar-refractivity contribution is 6.32. The standard InChI is InChI=1S/C18H14N2O4/c1-2-7-24-18(23)11-8-12(19)13-14(15(11)20)17(22)10-6-4-3-5-9(10)16(13)21/h2-6,8H,1,7,19-20H2. The molecule has 1 aliphatic carbocycles. The largest absolute Gasteiger partial charge is 0.458 e. The molecule has 24 heavy (non-hydrogen) atoms. The number of esters is 1. The highest BCUT2D eigenvalue weighted by Crippen LogP contribution is 2.36. The first kappa shape index (κ1) is 15.5. The van der Waals surface area contributed by atoms with E-state index in [4.69, 9.17) is 16.2 Å². The van der Waals surface area contributed by atoms with Crippen LogP contribution in [0.3, 0.4) is 0 Å². The molecule has 0 aromatic heterocycles. The minimum Gasteiger partial charge on any atom is -0.458 e. The van der Waals surface area contributed by atoms with Crippen molar-refractivity contribution in [3.05, 3.63) is 70.8 Å². The van der Waals surface area contributed by atoms with Crippen molar-refractivity contribution >= 4 is 28.9 Å². The van der Waals surface area contributed by atoms with Crippen LogP contribution in [-0.4, -0.2) is 24.1 Å². The zero-order valence-corrected chi connectivity index (χ0v) is 12.7. The van der Waals surface area contributed by atoms with Gasteiger partial charge in [-0.1, -0.05) is 36.9 Å². The average Bonchev–Trinajstić information content (AvgIpc) is 2.59. The molecule has 0 saturated heterocycles. The number of nitrogen functional groups attached to an aromatic ring is 2. The topological polar surface area (TPSA) is 112 Å². The van der Waals surface area contributed by atoms with Crippen LogP contribution in [0.5, 0.6) is 0 Å². The Bertz CT molecular complexity index is 915. The Balaban J connectivity index is 2.22. The van der Waals surface area contributed by atoms with Crippen LogP contribution in [0.25, 0.3) is 0 Å². The van der Waals surface area contributed by atoms with Gasteiger partial charge in [0.05, 0.1) is 22.4 Å². The lowest BCUT2D eigenvalue weighted by Crippen LogP contribution is -2.25. The number of hydrogen-bond donors (Lipinski definition) is 2. The minimum atomic E-state index is -0.735. The number of anilines is 2. The predicted octanol–water partition coefficient (Wildman–Crippen LogP) is 1.97. The molecular formula is C18H14N2O4. The third-order valence-corrected chi connectivity index (χ3v) is 3.82. The maximum atomic E-state index is 12.8. The highest BCUT2D eigenvalue weighted by atomic mass is 16.5. The normalized spacial score (nSPS) is 12.3. The van der Waals surface area contributed by atoms with Gasteiger partial charge in [-0.05, 0) is 6.07 Å². The Morgan fingerprint density at radius 3 is 2.25 bits per heavy atom. The fourth-order valence-electron chi connectivity index (χ4n) is 2.73. The van der Waals surface area contributed by atoms with Gasteiger partial charge in [0, 0.05) is 16.8 Å². The first-order valence-corrected chi connectivity index (χ1v) is 7.15. The third-order valence-electron chi connectivity index (χ3n) is 3.82. The number of carbonyl (C=O) groups is 3. The van der Waals surface area contributed by atoms with Crippen molar-refractivity contribution in [2.45, 2.75) is 0 Å². The number of benzene rings is 2. The Kier molecular flexibility index (Phi) is 3.65. The molecule has 4 N–H and O–H groups in total. The third kappa shape index (κ3) is 2.16. The second kappa shape index (κ2) is 5.66. The molecule has 0 radical (unpaired) electrons. The summed E-state index contributed by atoms with van der Waals surface area (Å²) in [5, 5.41) is 0. The van der Waals surface area contributed by atoms with Crippen LogP contribution in [-0.2, 0) is 4.74 Å². The molecule has 6 heteroatoms. The lowest BCUT2D eigenvalue weighted by molar-refractivity contribution is 0.0550. The molecule has 2 aromatic rings. The first-order valence-electron chi connectivity index (χ1n) is 7.15. The molecule has 0 saturated carbocycles. The average molecular weight is 322 g/mol. The first-order chi connectivity index (χ1) is 11.5. The van der Waals surface area contributed by atoms with Gasteiger partial charge in [-0.25, -0.2) is 4.79 Å². The van der Waals surface area contributed by atoms with E-state index in [1.54, 1.807) is 18.2 Å². The van der Waals surface area contributed by atoms with Gasteiger partial charge in [0.25, 0.3) is 0 Å². The van der Waals surface area contributed by atoms with E-state index in [0.717, 1.165) is 0 Å². The number of nitrogens with two attached hydrogens (primary N) is 2. The summed E-state index contributed by atoms with van der Waals surface area (Å²) in [6.07, 6.45) is 1.40. The van der Waals surface area contributed by atoms with E-state index in [-0.39, 0.29) is 45.8 Å². The molecule has 0 heterocycles. The number of rotatable bonds is 3. The van der Waals surface area contributed by atoms with Crippen molar-refractivity contribution in [1.29, 1.82) is 0 Å². The van der Waals surface area contributed by atoms with Gasteiger partial charge in [-0.3, -0.25) is 9.59 Å². The summed E-state index contributed by atoms with van der Waals surface area (Å²) in [6.45, 7) is 3.44. The van der Waals surface area contributed by atoms with Crippen LogP contribution in [0.4, 0.5) is 11.4 Å². The molecule has 0 bridgehead atoms. The highest BCUT2D eigenvalue weighted by Gasteiger charge is 2.35. The van der Waals surface area contributed by atoms with E-state index in [1.165, 1.54) is 18.2 Å². The summed E-state index contributed by atoms with van der Waals surface area (Å²) in [6, 6.07) is 7.67. The van der Waals surface area contributed by atoms with Gasteiger partial charge in [0.15, 0.2) is 11.6 Å². The Morgan fingerprint density at radius 1 is 1.08 bits per heavy atom. The van der Waals surface area contributed by atoms with E-state index in [2.05, 4.69) is 6.58 Å². The second-order valence-electron chi connectivity index (χ2n) is 5.27. The molecule has 2 aromatic carbocycles. The van der Waals surface area contributed by atoms with Crippen molar-refractivity contribution < 1.29 is 19.1 Å². The molecule has 6 nitrogen and oxygen atoms in total. The number of ketones is 2. The Hall–Kier alpha value is -3.41. The van der Waals surface area contributed by atoms with E-state index in [1.807, 2.05) is 0 Å². The van der Waals surface area contributed by atoms with E-state index < -0.39 is 17.5 Å². The van der Waals surface area contributed by atoms with Gasteiger partial charge in [-0.2, -0.15) is 0 Å². The van der Waals surface area contributed by atoms with Gasteiger partial charge in [0.2, 0.25) is 0 Å². The fraction of sp³-hybridized carbons (Fsp3) is 0.0556.